The van der Waals surface area contributed by atoms with Crippen molar-refractivity contribution in [3.05, 3.63) is 0 Å². The third-order valence-electron chi connectivity index (χ3n) is 1.88. The molecule has 0 radical (unpaired) electrons. The first-order chi connectivity index (χ1) is 6.54. The van der Waals surface area contributed by atoms with Crippen LogP contribution in [0, 0.1) is 0 Å². The van der Waals surface area contributed by atoms with Gasteiger partial charge in [-0.3, -0.25) is 4.79 Å². The summed E-state index contributed by atoms with van der Waals surface area (Å²) in [5, 5.41) is 8.40. The van der Waals surface area contributed by atoms with Gasteiger partial charge in [0.1, 0.15) is 0 Å². The standard InChI is InChI=1S/C8H17O4PS/c1-11-13(14,12-2)7-5-3-4-6-8(9)10/h3-7H2,1-2H3,(H,9,10). The minimum absolute atomic E-state index is 0.225. The molecule has 0 heterocycles. The molecule has 0 aliphatic heterocycles. The Morgan fingerprint density at radius 2 is 1.86 bits per heavy atom. The van der Waals surface area contributed by atoms with Crippen molar-refractivity contribution in [2.75, 3.05) is 20.4 Å². The molecule has 4 nitrogen and oxygen atoms in total. The van der Waals surface area contributed by atoms with Gasteiger partial charge in [0.25, 0.3) is 0 Å². The second kappa shape index (κ2) is 7.35. The second-order valence-corrected chi connectivity index (χ2v) is 6.97. The van der Waals surface area contributed by atoms with Gasteiger partial charge in [0.15, 0.2) is 6.49 Å². The van der Waals surface area contributed by atoms with E-state index in [9.17, 15) is 4.79 Å². The Morgan fingerprint density at radius 1 is 1.29 bits per heavy atom. The molecule has 0 atom stereocenters. The summed E-state index contributed by atoms with van der Waals surface area (Å²) in [6.45, 7) is -2.06. The monoisotopic (exact) mass is 240 g/mol. The van der Waals surface area contributed by atoms with Crippen molar-refractivity contribution in [3.63, 3.8) is 0 Å². The first kappa shape index (κ1) is 14.0. The van der Waals surface area contributed by atoms with Gasteiger partial charge in [-0.1, -0.05) is 6.42 Å². The number of unbranched alkanes of at least 4 members (excludes halogenated alkanes) is 2. The summed E-state index contributed by atoms with van der Waals surface area (Å²) in [6.07, 6.45) is 3.36. The van der Waals surface area contributed by atoms with E-state index in [0.29, 0.717) is 6.42 Å². The molecule has 0 unspecified atom stereocenters. The molecule has 84 valence electrons. The molecule has 0 saturated carbocycles. The molecule has 0 spiro atoms. The van der Waals surface area contributed by atoms with Crippen LogP contribution in [-0.2, 0) is 25.6 Å². The van der Waals surface area contributed by atoms with Gasteiger partial charge in [0.05, 0.1) is 0 Å². The predicted molar refractivity (Wildman–Crippen MR) is 59.3 cm³/mol. The van der Waals surface area contributed by atoms with E-state index in [-0.39, 0.29) is 6.42 Å². The van der Waals surface area contributed by atoms with Gasteiger partial charge in [-0.15, -0.1) is 0 Å². The molecule has 14 heavy (non-hydrogen) atoms. The fourth-order valence-corrected chi connectivity index (χ4v) is 2.53. The van der Waals surface area contributed by atoms with E-state index in [1.54, 1.807) is 14.2 Å². The number of carboxylic acid groups (broad SMARTS) is 1. The Morgan fingerprint density at radius 3 is 2.29 bits per heavy atom. The molecule has 1 N–H and O–H groups in total. The van der Waals surface area contributed by atoms with Crippen molar-refractivity contribution in [2.24, 2.45) is 0 Å². The number of hydrogen-bond donors (Lipinski definition) is 1. The zero-order valence-corrected chi connectivity index (χ0v) is 10.3. The lowest BCUT2D eigenvalue weighted by Crippen LogP contribution is -1.97. The van der Waals surface area contributed by atoms with E-state index >= 15 is 0 Å². The molecular formula is C8H17O4PS. The van der Waals surface area contributed by atoms with Gasteiger partial charge in [-0.25, -0.2) is 0 Å². The molecule has 0 aromatic carbocycles. The fourth-order valence-electron chi connectivity index (χ4n) is 1.02. The lowest BCUT2D eigenvalue weighted by Gasteiger charge is -2.17. The lowest BCUT2D eigenvalue weighted by molar-refractivity contribution is -0.137. The van der Waals surface area contributed by atoms with E-state index in [2.05, 4.69) is 0 Å². The zero-order chi connectivity index (χ0) is 11.0. The molecule has 0 amide bonds. The molecule has 0 aliphatic carbocycles. The van der Waals surface area contributed by atoms with Crippen LogP contribution in [0.15, 0.2) is 0 Å². The lowest BCUT2D eigenvalue weighted by atomic mass is 10.2. The van der Waals surface area contributed by atoms with Crippen LogP contribution in [0.1, 0.15) is 25.7 Å². The van der Waals surface area contributed by atoms with Crippen molar-refractivity contribution in [1.29, 1.82) is 0 Å². The Hall–Kier alpha value is 0.0400. The summed E-state index contributed by atoms with van der Waals surface area (Å²) in [4.78, 5) is 10.2. The second-order valence-electron chi connectivity index (χ2n) is 2.90. The first-order valence-corrected chi connectivity index (χ1v) is 7.29. The summed E-state index contributed by atoms with van der Waals surface area (Å²) in [5.41, 5.74) is 0. The fraction of sp³-hybridized carbons (Fsp3) is 0.875. The van der Waals surface area contributed by atoms with Gasteiger partial charge < -0.3 is 14.2 Å². The van der Waals surface area contributed by atoms with Crippen LogP contribution >= 0.6 is 6.49 Å². The minimum Gasteiger partial charge on any atom is -0.481 e. The molecule has 0 rings (SSSR count). The maximum absolute atomic E-state index is 10.2. The van der Waals surface area contributed by atoms with Gasteiger partial charge in [-0.05, 0) is 24.6 Å². The van der Waals surface area contributed by atoms with Crippen LogP contribution in [0.2, 0.25) is 0 Å². The summed E-state index contributed by atoms with van der Waals surface area (Å²) in [5.74, 6) is -0.747. The minimum atomic E-state index is -2.06. The maximum atomic E-state index is 10.2. The molecule has 0 saturated heterocycles. The molecule has 0 aromatic rings. The smallest absolute Gasteiger partial charge is 0.303 e. The van der Waals surface area contributed by atoms with E-state index in [1.165, 1.54) is 0 Å². The quantitative estimate of drug-likeness (QED) is 0.521. The topological polar surface area (TPSA) is 55.8 Å². The van der Waals surface area contributed by atoms with Crippen molar-refractivity contribution in [3.8, 4) is 0 Å². The number of rotatable bonds is 8. The average molecular weight is 240 g/mol. The largest absolute Gasteiger partial charge is 0.481 e. The highest BCUT2D eigenvalue weighted by Gasteiger charge is 2.13. The molecular weight excluding hydrogens is 223 g/mol. The average Bonchev–Trinajstić information content (AvgIpc) is 2.16. The Balaban J connectivity index is 3.53. The Labute approximate surface area is 89.8 Å². The molecule has 0 aliphatic rings. The first-order valence-electron chi connectivity index (χ1n) is 4.46. The molecule has 0 fully saturated rings. The van der Waals surface area contributed by atoms with E-state index in [4.69, 9.17) is 26.0 Å². The van der Waals surface area contributed by atoms with Crippen molar-refractivity contribution in [2.45, 2.75) is 25.7 Å². The summed E-state index contributed by atoms with van der Waals surface area (Å²) < 4.78 is 10.2. The van der Waals surface area contributed by atoms with Gasteiger partial charge in [0.2, 0.25) is 0 Å². The number of carbonyl (C=O) groups is 1. The third kappa shape index (κ3) is 6.49. The van der Waals surface area contributed by atoms with Crippen LogP contribution in [-0.4, -0.2) is 31.5 Å². The van der Waals surface area contributed by atoms with E-state index in [1.807, 2.05) is 0 Å². The SMILES string of the molecule is COP(=S)(CCCCCC(=O)O)OC. The Bertz CT molecular complexity index is 211. The van der Waals surface area contributed by atoms with Gasteiger partial charge >= 0.3 is 5.97 Å². The van der Waals surface area contributed by atoms with Crippen molar-refractivity contribution >= 4 is 24.3 Å². The van der Waals surface area contributed by atoms with Crippen LogP contribution in [0.25, 0.3) is 0 Å². The predicted octanol–water partition coefficient (Wildman–Crippen LogP) is 2.23. The number of aliphatic carboxylic acids is 1. The molecule has 0 bridgehead atoms. The highest BCUT2D eigenvalue weighted by molar-refractivity contribution is 8.09. The van der Waals surface area contributed by atoms with Crippen molar-refractivity contribution < 1.29 is 18.9 Å². The van der Waals surface area contributed by atoms with Gasteiger partial charge in [-0.2, -0.15) is 0 Å². The van der Waals surface area contributed by atoms with Crippen LogP contribution in [0.3, 0.4) is 0 Å². The third-order valence-corrected chi connectivity index (χ3v) is 5.30. The molecule has 0 aromatic heterocycles. The Kier molecular flexibility index (Phi) is 7.37. The highest BCUT2D eigenvalue weighted by atomic mass is 32.5. The van der Waals surface area contributed by atoms with Crippen LogP contribution in [0.5, 0.6) is 0 Å². The summed E-state index contributed by atoms with van der Waals surface area (Å²) in [7, 11) is 3.11. The van der Waals surface area contributed by atoms with Crippen LogP contribution in [0.4, 0.5) is 0 Å². The van der Waals surface area contributed by atoms with Gasteiger partial charge in [0, 0.05) is 26.8 Å². The number of carboxylic acids is 1. The normalized spacial score (nSPS) is 11.6. The van der Waals surface area contributed by atoms with E-state index in [0.717, 1.165) is 19.0 Å². The highest BCUT2D eigenvalue weighted by Crippen LogP contribution is 2.47. The maximum Gasteiger partial charge on any atom is 0.303 e. The van der Waals surface area contributed by atoms with E-state index < -0.39 is 12.5 Å². The number of hydrogen-bond acceptors (Lipinski definition) is 4. The summed E-state index contributed by atoms with van der Waals surface area (Å²) >= 11 is 5.16. The van der Waals surface area contributed by atoms with Crippen LogP contribution < -0.4 is 0 Å². The van der Waals surface area contributed by atoms with Crippen molar-refractivity contribution in [1.82, 2.24) is 0 Å². The molecule has 6 heteroatoms. The zero-order valence-electron chi connectivity index (χ0n) is 8.56. The summed E-state index contributed by atoms with van der Waals surface area (Å²) in [6, 6.07) is 0.